The molecule has 1 atom stereocenters. The first-order chi connectivity index (χ1) is 9.58. The van der Waals surface area contributed by atoms with Gasteiger partial charge in [0.05, 0.1) is 6.04 Å². The fourth-order valence-corrected chi connectivity index (χ4v) is 2.76. The molecule has 1 saturated heterocycles. The van der Waals surface area contributed by atoms with Gasteiger partial charge in [0.1, 0.15) is 0 Å². The third-order valence-electron chi connectivity index (χ3n) is 4.16. The number of piperidine rings is 1. The number of nitrogens with zero attached hydrogens (tertiary/aromatic N) is 1. The highest BCUT2D eigenvalue weighted by atomic mass is 35.5. The van der Waals surface area contributed by atoms with E-state index in [4.69, 9.17) is 11.6 Å². The summed E-state index contributed by atoms with van der Waals surface area (Å²) in [6.45, 7) is 6.79. The molecule has 1 aliphatic heterocycles. The van der Waals surface area contributed by atoms with E-state index < -0.39 is 0 Å². The SMILES string of the molecule is CC1CCN([C@@H](C)C(=O)NCc2ccccc2Cl)CC1. The van der Waals surface area contributed by atoms with Crippen molar-refractivity contribution in [2.75, 3.05) is 13.1 Å². The maximum absolute atomic E-state index is 12.2. The number of benzene rings is 1. The topological polar surface area (TPSA) is 32.3 Å². The molecule has 0 aliphatic carbocycles. The maximum atomic E-state index is 12.2. The molecule has 1 N–H and O–H groups in total. The average molecular weight is 295 g/mol. The Bertz CT molecular complexity index is 456. The van der Waals surface area contributed by atoms with Crippen LogP contribution in [0.5, 0.6) is 0 Å². The Hall–Kier alpha value is -1.06. The van der Waals surface area contributed by atoms with Gasteiger partial charge < -0.3 is 5.32 Å². The van der Waals surface area contributed by atoms with Crippen molar-refractivity contribution in [3.05, 3.63) is 34.9 Å². The molecule has 1 aromatic rings. The molecule has 20 heavy (non-hydrogen) atoms. The van der Waals surface area contributed by atoms with E-state index in [1.54, 1.807) is 0 Å². The van der Waals surface area contributed by atoms with Crippen LogP contribution in [0.1, 0.15) is 32.3 Å². The van der Waals surface area contributed by atoms with Crippen LogP contribution < -0.4 is 5.32 Å². The van der Waals surface area contributed by atoms with Crippen molar-refractivity contribution in [2.45, 2.75) is 39.3 Å². The number of hydrogen-bond donors (Lipinski definition) is 1. The van der Waals surface area contributed by atoms with E-state index in [0.717, 1.165) is 24.6 Å². The lowest BCUT2D eigenvalue weighted by atomic mass is 9.98. The minimum absolute atomic E-state index is 0.0648. The Balaban J connectivity index is 1.84. The standard InChI is InChI=1S/C16H23ClN2O/c1-12-7-9-19(10-8-12)13(2)16(20)18-11-14-5-3-4-6-15(14)17/h3-6,12-13H,7-11H2,1-2H3,(H,18,20)/t13-/m0/s1. The third-order valence-corrected chi connectivity index (χ3v) is 4.53. The van der Waals surface area contributed by atoms with E-state index in [-0.39, 0.29) is 11.9 Å². The molecule has 0 radical (unpaired) electrons. The monoisotopic (exact) mass is 294 g/mol. The van der Waals surface area contributed by atoms with E-state index >= 15 is 0 Å². The van der Waals surface area contributed by atoms with Crippen molar-refractivity contribution in [1.82, 2.24) is 10.2 Å². The van der Waals surface area contributed by atoms with Gasteiger partial charge in [-0.15, -0.1) is 0 Å². The Morgan fingerprint density at radius 3 is 2.70 bits per heavy atom. The molecule has 2 rings (SSSR count). The van der Waals surface area contributed by atoms with Gasteiger partial charge in [-0.05, 0) is 50.4 Å². The van der Waals surface area contributed by atoms with Crippen molar-refractivity contribution >= 4 is 17.5 Å². The van der Waals surface area contributed by atoms with Crippen molar-refractivity contribution in [1.29, 1.82) is 0 Å². The summed E-state index contributed by atoms with van der Waals surface area (Å²) in [5.41, 5.74) is 0.960. The molecule has 1 aromatic carbocycles. The van der Waals surface area contributed by atoms with Gasteiger partial charge in [-0.1, -0.05) is 36.7 Å². The predicted molar refractivity (Wildman–Crippen MR) is 82.7 cm³/mol. The van der Waals surface area contributed by atoms with Gasteiger partial charge in [-0.3, -0.25) is 9.69 Å². The summed E-state index contributed by atoms with van der Waals surface area (Å²) in [5.74, 6) is 0.865. The number of nitrogens with one attached hydrogen (secondary N) is 1. The first-order valence-corrected chi connectivity index (χ1v) is 7.71. The fraction of sp³-hybridized carbons (Fsp3) is 0.562. The highest BCUT2D eigenvalue weighted by Crippen LogP contribution is 2.18. The van der Waals surface area contributed by atoms with E-state index in [1.165, 1.54) is 12.8 Å². The summed E-state index contributed by atoms with van der Waals surface area (Å²) in [4.78, 5) is 14.5. The van der Waals surface area contributed by atoms with Crippen molar-refractivity contribution < 1.29 is 4.79 Å². The summed E-state index contributed by atoms with van der Waals surface area (Å²) in [5, 5.41) is 3.68. The highest BCUT2D eigenvalue weighted by Gasteiger charge is 2.24. The van der Waals surface area contributed by atoms with Crippen LogP contribution in [0.2, 0.25) is 5.02 Å². The molecule has 0 spiro atoms. The first kappa shape index (κ1) is 15.3. The maximum Gasteiger partial charge on any atom is 0.237 e. The Labute approximate surface area is 126 Å². The van der Waals surface area contributed by atoms with Crippen LogP contribution in [0.3, 0.4) is 0 Å². The largest absolute Gasteiger partial charge is 0.351 e. The number of carbonyl (C=O) groups is 1. The molecular weight excluding hydrogens is 272 g/mol. The molecule has 4 heteroatoms. The zero-order chi connectivity index (χ0) is 14.5. The summed E-state index contributed by atoms with van der Waals surface area (Å²) >= 11 is 6.09. The van der Waals surface area contributed by atoms with Crippen LogP contribution in [0, 0.1) is 5.92 Å². The number of halogens is 1. The van der Waals surface area contributed by atoms with Crippen LogP contribution in [0.25, 0.3) is 0 Å². The quantitative estimate of drug-likeness (QED) is 0.925. The van der Waals surface area contributed by atoms with Gasteiger partial charge in [0.15, 0.2) is 0 Å². The average Bonchev–Trinajstić information content (AvgIpc) is 2.46. The Morgan fingerprint density at radius 1 is 1.40 bits per heavy atom. The molecule has 1 heterocycles. The van der Waals surface area contributed by atoms with Gasteiger partial charge in [0.2, 0.25) is 5.91 Å². The molecule has 0 unspecified atom stereocenters. The molecule has 110 valence electrons. The van der Waals surface area contributed by atoms with Gasteiger partial charge in [-0.25, -0.2) is 0 Å². The lowest BCUT2D eigenvalue weighted by Gasteiger charge is -2.34. The Kier molecular flexibility index (Phi) is 5.44. The zero-order valence-corrected chi connectivity index (χ0v) is 13.0. The van der Waals surface area contributed by atoms with Crippen molar-refractivity contribution in [3.63, 3.8) is 0 Å². The zero-order valence-electron chi connectivity index (χ0n) is 12.2. The minimum Gasteiger partial charge on any atom is -0.351 e. The van der Waals surface area contributed by atoms with Gasteiger partial charge >= 0.3 is 0 Å². The van der Waals surface area contributed by atoms with Crippen molar-refractivity contribution in [2.24, 2.45) is 5.92 Å². The summed E-state index contributed by atoms with van der Waals surface area (Å²) < 4.78 is 0. The van der Waals surface area contributed by atoms with Crippen LogP contribution in [0.15, 0.2) is 24.3 Å². The van der Waals surface area contributed by atoms with Gasteiger partial charge in [-0.2, -0.15) is 0 Å². The van der Waals surface area contributed by atoms with Gasteiger partial charge in [0, 0.05) is 11.6 Å². The number of likely N-dealkylation sites (tertiary alicyclic amines) is 1. The second-order valence-electron chi connectivity index (χ2n) is 5.70. The van der Waals surface area contributed by atoms with Crippen LogP contribution >= 0.6 is 11.6 Å². The van der Waals surface area contributed by atoms with E-state index in [2.05, 4.69) is 17.1 Å². The smallest absolute Gasteiger partial charge is 0.237 e. The third kappa shape index (κ3) is 3.97. The Morgan fingerprint density at radius 2 is 2.05 bits per heavy atom. The molecule has 1 aliphatic rings. The highest BCUT2D eigenvalue weighted by molar-refractivity contribution is 6.31. The molecular formula is C16H23ClN2O. The number of hydrogen-bond acceptors (Lipinski definition) is 2. The molecule has 3 nitrogen and oxygen atoms in total. The molecule has 0 bridgehead atoms. The lowest BCUT2D eigenvalue weighted by Crippen LogP contribution is -2.47. The second kappa shape index (κ2) is 7.09. The number of rotatable bonds is 4. The predicted octanol–water partition coefficient (Wildman–Crippen LogP) is 3.08. The fourth-order valence-electron chi connectivity index (χ4n) is 2.55. The van der Waals surface area contributed by atoms with Crippen LogP contribution in [-0.4, -0.2) is 29.9 Å². The molecule has 0 saturated carbocycles. The minimum atomic E-state index is -0.0648. The molecule has 1 fully saturated rings. The summed E-state index contributed by atoms with van der Waals surface area (Å²) in [6, 6.07) is 7.55. The van der Waals surface area contributed by atoms with E-state index in [9.17, 15) is 4.79 Å². The first-order valence-electron chi connectivity index (χ1n) is 7.33. The normalized spacial score (nSPS) is 18.8. The summed E-state index contributed by atoms with van der Waals surface area (Å²) in [6.07, 6.45) is 2.37. The van der Waals surface area contributed by atoms with Gasteiger partial charge in [0.25, 0.3) is 0 Å². The molecule has 0 aromatic heterocycles. The molecule has 1 amide bonds. The second-order valence-corrected chi connectivity index (χ2v) is 6.11. The van der Waals surface area contributed by atoms with E-state index in [0.29, 0.717) is 11.6 Å². The number of carbonyl (C=O) groups excluding carboxylic acids is 1. The lowest BCUT2D eigenvalue weighted by molar-refractivity contribution is -0.126. The van der Waals surface area contributed by atoms with E-state index in [1.807, 2.05) is 31.2 Å². The van der Waals surface area contributed by atoms with Crippen molar-refractivity contribution in [3.8, 4) is 0 Å². The summed E-state index contributed by atoms with van der Waals surface area (Å²) in [7, 11) is 0. The number of amides is 1. The van der Waals surface area contributed by atoms with Crippen LogP contribution in [-0.2, 0) is 11.3 Å². The van der Waals surface area contributed by atoms with Crippen LogP contribution in [0.4, 0.5) is 0 Å².